The first-order chi connectivity index (χ1) is 8.84. The minimum atomic E-state index is 0.0416. The first-order valence-electron chi connectivity index (χ1n) is 6.29. The smallest absolute Gasteiger partial charge is 0.253 e. The summed E-state index contributed by atoms with van der Waals surface area (Å²) in [6, 6.07) is 8.23. The largest absolute Gasteiger partial charge is 0.360 e. The van der Waals surface area contributed by atoms with Gasteiger partial charge in [-0.05, 0) is 24.7 Å². The third-order valence-corrected chi connectivity index (χ3v) is 4.54. The molecular formula is C14H16N2OS. The van der Waals surface area contributed by atoms with Crippen molar-refractivity contribution in [3.05, 3.63) is 36.0 Å². The van der Waals surface area contributed by atoms with Gasteiger partial charge in [0.2, 0.25) is 0 Å². The van der Waals surface area contributed by atoms with E-state index in [9.17, 15) is 4.79 Å². The molecule has 1 unspecified atom stereocenters. The highest BCUT2D eigenvalue weighted by atomic mass is 32.2. The Morgan fingerprint density at radius 2 is 2.28 bits per heavy atom. The fourth-order valence-electron chi connectivity index (χ4n) is 2.38. The summed E-state index contributed by atoms with van der Waals surface area (Å²) in [4.78, 5) is 15.4. The average Bonchev–Trinajstić information content (AvgIpc) is 2.84. The summed E-state index contributed by atoms with van der Waals surface area (Å²) in [6.45, 7) is 0. The van der Waals surface area contributed by atoms with Gasteiger partial charge in [0.15, 0.2) is 0 Å². The lowest BCUT2D eigenvalue weighted by Crippen LogP contribution is -2.38. The maximum Gasteiger partial charge on any atom is 0.253 e. The van der Waals surface area contributed by atoms with Gasteiger partial charge in [-0.15, -0.1) is 0 Å². The van der Waals surface area contributed by atoms with E-state index in [1.54, 1.807) is 6.20 Å². The van der Waals surface area contributed by atoms with Crippen LogP contribution in [-0.4, -0.2) is 28.4 Å². The van der Waals surface area contributed by atoms with Crippen LogP contribution in [0.25, 0.3) is 10.9 Å². The van der Waals surface area contributed by atoms with Gasteiger partial charge in [0.05, 0.1) is 5.56 Å². The van der Waals surface area contributed by atoms with E-state index in [0.29, 0.717) is 6.04 Å². The van der Waals surface area contributed by atoms with Crippen LogP contribution < -0.4 is 5.32 Å². The van der Waals surface area contributed by atoms with Crippen molar-refractivity contribution in [1.29, 1.82) is 0 Å². The molecule has 18 heavy (non-hydrogen) atoms. The number of fused-ring (bicyclic) bond motifs is 1. The Morgan fingerprint density at radius 1 is 1.39 bits per heavy atom. The number of rotatable bonds is 2. The van der Waals surface area contributed by atoms with E-state index in [0.717, 1.165) is 28.6 Å². The molecule has 1 aromatic carbocycles. The second kappa shape index (κ2) is 5.06. The Bertz CT molecular complexity index is 558. The molecule has 0 spiro atoms. The quantitative estimate of drug-likeness (QED) is 0.872. The maximum atomic E-state index is 12.2. The average molecular weight is 260 g/mol. The Hall–Kier alpha value is -1.42. The molecule has 1 aromatic heterocycles. The van der Waals surface area contributed by atoms with Crippen LogP contribution in [0.1, 0.15) is 23.2 Å². The fraction of sp³-hybridized carbons (Fsp3) is 0.357. The topological polar surface area (TPSA) is 44.9 Å². The number of carbonyl (C=O) groups excluding carboxylic acids is 1. The third kappa shape index (κ3) is 2.25. The first-order valence-corrected chi connectivity index (χ1v) is 7.45. The summed E-state index contributed by atoms with van der Waals surface area (Å²) in [5.41, 5.74) is 1.77. The first kappa shape index (κ1) is 11.7. The number of hydrogen-bond acceptors (Lipinski definition) is 2. The molecule has 0 aliphatic carbocycles. The van der Waals surface area contributed by atoms with Gasteiger partial charge >= 0.3 is 0 Å². The molecule has 1 amide bonds. The lowest BCUT2D eigenvalue weighted by Gasteiger charge is -2.22. The molecule has 0 radical (unpaired) electrons. The zero-order chi connectivity index (χ0) is 12.4. The second-order valence-corrected chi connectivity index (χ2v) is 5.79. The van der Waals surface area contributed by atoms with Crippen molar-refractivity contribution in [2.75, 3.05) is 11.5 Å². The molecule has 4 heteroatoms. The number of H-pyrrole nitrogens is 1. The number of para-hydroxylation sites is 1. The fourth-order valence-corrected chi connectivity index (χ4v) is 3.45. The molecule has 0 saturated carbocycles. The van der Waals surface area contributed by atoms with Gasteiger partial charge in [-0.1, -0.05) is 18.2 Å². The van der Waals surface area contributed by atoms with Crippen molar-refractivity contribution in [3.63, 3.8) is 0 Å². The maximum absolute atomic E-state index is 12.2. The van der Waals surface area contributed by atoms with Crippen LogP contribution in [0.15, 0.2) is 30.5 Å². The van der Waals surface area contributed by atoms with Crippen molar-refractivity contribution >= 4 is 28.6 Å². The van der Waals surface area contributed by atoms with Gasteiger partial charge in [-0.25, -0.2) is 0 Å². The number of hydrogen-bond donors (Lipinski definition) is 2. The van der Waals surface area contributed by atoms with Crippen molar-refractivity contribution in [2.24, 2.45) is 0 Å². The molecule has 3 rings (SSSR count). The van der Waals surface area contributed by atoms with Crippen LogP contribution in [0.3, 0.4) is 0 Å². The van der Waals surface area contributed by atoms with Crippen LogP contribution in [-0.2, 0) is 0 Å². The zero-order valence-corrected chi connectivity index (χ0v) is 10.9. The summed E-state index contributed by atoms with van der Waals surface area (Å²) in [7, 11) is 0. The minimum absolute atomic E-state index is 0.0416. The van der Waals surface area contributed by atoms with E-state index in [1.165, 1.54) is 12.2 Å². The third-order valence-electron chi connectivity index (χ3n) is 3.33. The van der Waals surface area contributed by atoms with E-state index in [-0.39, 0.29) is 5.91 Å². The molecule has 0 bridgehead atoms. The van der Waals surface area contributed by atoms with Gasteiger partial charge < -0.3 is 10.3 Å². The predicted octanol–water partition coefficient (Wildman–Crippen LogP) is 2.79. The summed E-state index contributed by atoms with van der Waals surface area (Å²) in [5, 5.41) is 4.13. The highest BCUT2D eigenvalue weighted by Gasteiger charge is 2.18. The normalized spacial score (nSPS) is 19.9. The highest BCUT2D eigenvalue weighted by molar-refractivity contribution is 7.99. The van der Waals surface area contributed by atoms with E-state index < -0.39 is 0 Å². The van der Waals surface area contributed by atoms with Gasteiger partial charge in [-0.3, -0.25) is 4.79 Å². The van der Waals surface area contributed by atoms with Crippen LogP contribution in [0, 0.1) is 0 Å². The molecule has 1 saturated heterocycles. The molecule has 2 N–H and O–H groups in total. The number of aromatic amines is 1. The highest BCUT2D eigenvalue weighted by Crippen LogP contribution is 2.20. The van der Waals surface area contributed by atoms with Crippen molar-refractivity contribution in [3.8, 4) is 0 Å². The zero-order valence-electron chi connectivity index (χ0n) is 10.1. The molecule has 94 valence electrons. The monoisotopic (exact) mass is 260 g/mol. The molecule has 2 aromatic rings. The SMILES string of the molecule is O=C(NC1CCCSC1)c1c[nH]c2ccccc12. The standard InChI is InChI=1S/C14H16N2OS/c17-14(16-10-4-3-7-18-9-10)12-8-15-13-6-2-1-5-11(12)13/h1-2,5-6,8,10,15H,3-4,7,9H2,(H,16,17). The Labute approximate surface area is 110 Å². The lowest BCUT2D eigenvalue weighted by atomic mass is 10.1. The van der Waals surface area contributed by atoms with Crippen LogP contribution >= 0.6 is 11.8 Å². The molecule has 3 nitrogen and oxygen atoms in total. The van der Waals surface area contributed by atoms with Crippen molar-refractivity contribution in [2.45, 2.75) is 18.9 Å². The predicted molar refractivity (Wildman–Crippen MR) is 76.1 cm³/mol. The summed E-state index contributed by atoms with van der Waals surface area (Å²) >= 11 is 1.92. The number of amides is 1. The number of carbonyl (C=O) groups is 1. The van der Waals surface area contributed by atoms with E-state index >= 15 is 0 Å². The van der Waals surface area contributed by atoms with Gasteiger partial charge in [0.25, 0.3) is 5.91 Å². The Kier molecular flexibility index (Phi) is 3.28. The number of benzene rings is 1. The second-order valence-electron chi connectivity index (χ2n) is 4.64. The van der Waals surface area contributed by atoms with E-state index in [4.69, 9.17) is 0 Å². The van der Waals surface area contributed by atoms with Crippen molar-refractivity contribution in [1.82, 2.24) is 10.3 Å². The summed E-state index contributed by atoms with van der Waals surface area (Å²) in [5.74, 6) is 2.30. The molecule has 2 heterocycles. The van der Waals surface area contributed by atoms with Crippen LogP contribution in [0.4, 0.5) is 0 Å². The molecule has 1 atom stereocenters. The van der Waals surface area contributed by atoms with E-state index in [2.05, 4.69) is 10.3 Å². The molecular weight excluding hydrogens is 244 g/mol. The van der Waals surface area contributed by atoms with Crippen LogP contribution in [0.5, 0.6) is 0 Å². The van der Waals surface area contributed by atoms with Crippen molar-refractivity contribution < 1.29 is 4.79 Å². The minimum Gasteiger partial charge on any atom is -0.360 e. The van der Waals surface area contributed by atoms with Gasteiger partial charge in [0.1, 0.15) is 0 Å². The molecule has 1 aliphatic rings. The Balaban J connectivity index is 1.79. The van der Waals surface area contributed by atoms with Gasteiger partial charge in [0, 0.05) is 28.9 Å². The van der Waals surface area contributed by atoms with Crippen LogP contribution in [0.2, 0.25) is 0 Å². The number of thioether (sulfide) groups is 1. The summed E-state index contributed by atoms with van der Waals surface area (Å²) in [6.07, 6.45) is 4.10. The lowest BCUT2D eigenvalue weighted by molar-refractivity contribution is 0.0940. The van der Waals surface area contributed by atoms with Gasteiger partial charge in [-0.2, -0.15) is 11.8 Å². The number of nitrogens with one attached hydrogen (secondary N) is 2. The van der Waals surface area contributed by atoms with E-state index in [1.807, 2.05) is 36.0 Å². The number of aromatic nitrogens is 1. The summed E-state index contributed by atoms with van der Waals surface area (Å²) < 4.78 is 0. The molecule has 1 fully saturated rings. The Morgan fingerprint density at radius 3 is 3.11 bits per heavy atom. The molecule has 1 aliphatic heterocycles.